The van der Waals surface area contributed by atoms with Gasteiger partial charge in [-0.25, -0.2) is 18.0 Å². The predicted molar refractivity (Wildman–Crippen MR) is 122 cm³/mol. The number of hydrogen-bond donors (Lipinski definition) is 2. The largest absolute Gasteiger partial charge is 0.383 e. The van der Waals surface area contributed by atoms with Crippen LogP contribution in [-0.2, 0) is 11.8 Å². The first-order valence-electron chi connectivity index (χ1n) is 10.9. The highest BCUT2D eigenvalue weighted by Gasteiger charge is 2.35. The van der Waals surface area contributed by atoms with Crippen LogP contribution in [0.1, 0.15) is 11.5 Å². The number of nitrogens with one attached hydrogen (secondary N) is 2. The topological polar surface area (TPSA) is 71.4 Å². The van der Waals surface area contributed by atoms with Gasteiger partial charge in [0.1, 0.15) is 11.6 Å². The molecule has 2 N–H and O–H groups in total. The molecule has 4 rings (SSSR count). The highest BCUT2D eigenvalue weighted by Crippen LogP contribution is 2.29. The monoisotopic (exact) mass is 473 g/mol. The molecular formula is C24H26F3N5O2. The van der Waals surface area contributed by atoms with Crippen LogP contribution < -0.4 is 10.6 Å². The first kappa shape index (κ1) is 23.8. The molecule has 180 valence electrons. The van der Waals surface area contributed by atoms with Gasteiger partial charge in [-0.3, -0.25) is 14.9 Å². The predicted octanol–water partition coefficient (Wildman–Crippen LogP) is 3.74. The van der Waals surface area contributed by atoms with E-state index in [2.05, 4.69) is 20.6 Å². The summed E-state index contributed by atoms with van der Waals surface area (Å²) in [6.07, 6.45) is 0. The van der Waals surface area contributed by atoms with E-state index in [-0.39, 0.29) is 17.8 Å². The van der Waals surface area contributed by atoms with E-state index in [1.807, 2.05) is 0 Å². The van der Waals surface area contributed by atoms with Crippen LogP contribution in [0.25, 0.3) is 11.3 Å². The van der Waals surface area contributed by atoms with Crippen LogP contribution in [0.15, 0.2) is 48.5 Å². The van der Waals surface area contributed by atoms with Gasteiger partial charge in [-0.05, 0) is 42.0 Å². The Balaban J connectivity index is 1.47. The molecule has 0 spiro atoms. The second kappa shape index (κ2) is 10.3. The number of ether oxygens (including phenoxy) is 1. The maximum atomic E-state index is 13.9. The zero-order chi connectivity index (χ0) is 24.2. The molecule has 10 heteroatoms. The summed E-state index contributed by atoms with van der Waals surface area (Å²) in [4.78, 5) is 14.9. The molecular weight excluding hydrogens is 447 g/mol. The van der Waals surface area contributed by atoms with Crippen LogP contribution in [0.2, 0.25) is 0 Å². The summed E-state index contributed by atoms with van der Waals surface area (Å²) in [7, 11) is 3.30. The highest BCUT2D eigenvalue weighted by molar-refractivity contribution is 5.89. The average Bonchev–Trinajstić information content (AvgIpc) is 3.37. The molecule has 0 unspecified atom stereocenters. The van der Waals surface area contributed by atoms with Crippen molar-refractivity contribution in [3.8, 4) is 11.3 Å². The van der Waals surface area contributed by atoms with Crippen LogP contribution in [0.3, 0.4) is 0 Å². The number of hydrogen-bond acceptors (Lipinski definition) is 4. The zero-order valence-electron chi connectivity index (χ0n) is 18.9. The summed E-state index contributed by atoms with van der Waals surface area (Å²) < 4.78 is 47.2. The van der Waals surface area contributed by atoms with Crippen molar-refractivity contribution in [1.82, 2.24) is 20.0 Å². The molecule has 2 heterocycles. The number of halogens is 3. The van der Waals surface area contributed by atoms with Crippen molar-refractivity contribution >= 4 is 11.8 Å². The number of carbonyl (C=O) groups is 1. The Bertz CT molecular complexity index is 1150. The van der Waals surface area contributed by atoms with E-state index in [1.54, 1.807) is 38.4 Å². The number of anilines is 1. The SMILES string of the molecule is COCCN1C[C@@H](NC(=O)Nc2cc(-c3ccc(F)cc3)nn2C)[C@H](c2ccc(F)c(F)c2)C1. The van der Waals surface area contributed by atoms with Gasteiger partial charge in [0.2, 0.25) is 0 Å². The van der Waals surface area contributed by atoms with E-state index in [0.717, 1.165) is 6.07 Å². The van der Waals surface area contributed by atoms with Crippen LogP contribution >= 0.6 is 0 Å². The van der Waals surface area contributed by atoms with Crippen molar-refractivity contribution in [1.29, 1.82) is 0 Å². The quantitative estimate of drug-likeness (QED) is 0.549. The Morgan fingerprint density at radius 1 is 1.09 bits per heavy atom. The Labute approximate surface area is 195 Å². The van der Waals surface area contributed by atoms with E-state index >= 15 is 0 Å². The van der Waals surface area contributed by atoms with Gasteiger partial charge in [0.05, 0.1) is 18.3 Å². The molecule has 1 aromatic heterocycles. The molecule has 1 aliphatic rings. The van der Waals surface area contributed by atoms with E-state index < -0.39 is 17.7 Å². The van der Waals surface area contributed by atoms with Gasteiger partial charge in [0.25, 0.3) is 0 Å². The molecule has 0 bridgehead atoms. The maximum Gasteiger partial charge on any atom is 0.320 e. The van der Waals surface area contributed by atoms with Crippen LogP contribution in [0.4, 0.5) is 23.8 Å². The van der Waals surface area contributed by atoms with E-state index in [9.17, 15) is 18.0 Å². The molecule has 2 atom stereocenters. The fourth-order valence-electron chi connectivity index (χ4n) is 4.18. The average molecular weight is 473 g/mol. The van der Waals surface area contributed by atoms with Crippen molar-refractivity contribution in [2.24, 2.45) is 7.05 Å². The minimum atomic E-state index is -0.917. The van der Waals surface area contributed by atoms with Gasteiger partial charge in [-0.1, -0.05) is 6.07 Å². The molecule has 34 heavy (non-hydrogen) atoms. The Hall–Kier alpha value is -3.37. The third kappa shape index (κ3) is 5.40. The Morgan fingerprint density at radius 3 is 2.56 bits per heavy atom. The summed E-state index contributed by atoms with van der Waals surface area (Å²) in [6.45, 7) is 2.27. The third-order valence-corrected chi connectivity index (χ3v) is 5.96. The number of likely N-dealkylation sites (tertiary alicyclic amines) is 1. The van der Waals surface area contributed by atoms with E-state index in [4.69, 9.17) is 4.74 Å². The Morgan fingerprint density at radius 2 is 1.85 bits per heavy atom. The number of urea groups is 1. The molecule has 1 aliphatic heterocycles. The lowest BCUT2D eigenvalue weighted by atomic mass is 9.94. The summed E-state index contributed by atoms with van der Waals surface area (Å²) >= 11 is 0. The first-order valence-corrected chi connectivity index (χ1v) is 10.9. The van der Waals surface area contributed by atoms with Crippen molar-refractivity contribution < 1.29 is 22.7 Å². The van der Waals surface area contributed by atoms with Gasteiger partial charge in [0.15, 0.2) is 11.6 Å². The second-order valence-electron chi connectivity index (χ2n) is 8.28. The van der Waals surface area contributed by atoms with Crippen LogP contribution in [-0.4, -0.2) is 60.1 Å². The molecule has 1 saturated heterocycles. The van der Waals surface area contributed by atoms with E-state index in [0.29, 0.717) is 48.9 Å². The minimum Gasteiger partial charge on any atom is -0.383 e. The molecule has 7 nitrogen and oxygen atoms in total. The van der Waals surface area contributed by atoms with Gasteiger partial charge in [0, 0.05) is 51.3 Å². The van der Waals surface area contributed by atoms with Crippen molar-refractivity contribution in [3.05, 3.63) is 71.5 Å². The molecule has 0 radical (unpaired) electrons. The fourth-order valence-corrected chi connectivity index (χ4v) is 4.18. The van der Waals surface area contributed by atoms with Crippen molar-refractivity contribution in [3.63, 3.8) is 0 Å². The fraction of sp³-hybridized carbons (Fsp3) is 0.333. The number of carbonyl (C=O) groups excluding carboxylic acids is 1. The molecule has 1 fully saturated rings. The highest BCUT2D eigenvalue weighted by atomic mass is 19.2. The standard InChI is InChI=1S/C24H26F3N5O2/c1-31-23(12-21(30-31)15-3-6-17(25)7-4-15)29-24(33)28-22-14-32(9-10-34-2)13-18(22)16-5-8-19(26)20(27)11-16/h3-8,11-12,18,22H,9-10,13-14H2,1-2H3,(H2,28,29,33)/t18-,22+/m0/s1. The van der Waals surface area contributed by atoms with Crippen LogP contribution in [0, 0.1) is 17.5 Å². The number of nitrogens with zero attached hydrogens (tertiary/aromatic N) is 3. The lowest BCUT2D eigenvalue weighted by Gasteiger charge is -2.20. The summed E-state index contributed by atoms with van der Waals surface area (Å²) in [5.41, 5.74) is 1.92. The van der Waals surface area contributed by atoms with Gasteiger partial charge in [-0.15, -0.1) is 0 Å². The number of amides is 2. The minimum absolute atomic E-state index is 0.223. The smallest absolute Gasteiger partial charge is 0.320 e. The zero-order valence-corrected chi connectivity index (χ0v) is 18.9. The second-order valence-corrected chi connectivity index (χ2v) is 8.28. The molecule has 3 aromatic rings. The number of aryl methyl sites for hydroxylation is 1. The number of benzene rings is 2. The number of aromatic nitrogens is 2. The third-order valence-electron chi connectivity index (χ3n) is 5.96. The van der Waals surface area contributed by atoms with Gasteiger partial charge in [-0.2, -0.15) is 5.10 Å². The lowest BCUT2D eigenvalue weighted by molar-refractivity contribution is 0.159. The number of rotatable bonds is 7. The summed E-state index contributed by atoms with van der Waals surface area (Å²) in [5, 5.41) is 10.1. The van der Waals surface area contributed by atoms with Crippen LogP contribution in [0.5, 0.6) is 0 Å². The molecule has 0 saturated carbocycles. The molecule has 2 amide bonds. The maximum absolute atomic E-state index is 13.9. The lowest BCUT2D eigenvalue weighted by Crippen LogP contribution is -2.42. The van der Waals surface area contributed by atoms with Gasteiger partial charge >= 0.3 is 6.03 Å². The van der Waals surface area contributed by atoms with Crippen molar-refractivity contribution in [2.75, 3.05) is 38.7 Å². The number of methoxy groups -OCH3 is 1. The first-order chi connectivity index (χ1) is 16.3. The summed E-state index contributed by atoms with van der Waals surface area (Å²) in [6, 6.07) is 10.7. The van der Waals surface area contributed by atoms with Gasteiger partial charge < -0.3 is 10.1 Å². The molecule has 2 aromatic carbocycles. The Kier molecular flexibility index (Phi) is 7.18. The molecule has 0 aliphatic carbocycles. The normalized spacial score (nSPS) is 18.3. The summed E-state index contributed by atoms with van der Waals surface area (Å²) in [5.74, 6) is -1.94. The van der Waals surface area contributed by atoms with Crippen molar-refractivity contribution in [2.45, 2.75) is 12.0 Å². The van der Waals surface area contributed by atoms with E-state index in [1.165, 1.54) is 22.9 Å².